The molecule has 0 saturated carbocycles. The Hall–Kier alpha value is -4.43. The summed E-state index contributed by atoms with van der Waals surface area (Å²) in [6, 6.07) is 20.9. The SMILES string of the molecule is [2H]c1c([2H])c([2H])c2c([2H])c(-c3c4ccccc4c(-n4c(C)nc5ccccc54)c4ccccc34)c([2H])c([2H])c2c1[2H]. The fourth-order valence-electron chi connectivity index (χ4n) is 4.95. The van der Waals surface area contributed by atoms with Crippen molar-refractivity contribution in [3.05, 3.63) is 121 Å². The summed E-state index contributed by atoms with van der Waals surface area (Å²) in [4.78, 5) is 4.80. The highest BCUT2D eigenvalue weighted by atomic mass is 15.1. The molecular formula is C32H22N2. The summed E-state index contributed by atoms with van der Waals surface area (Å²) in [5.74, 6) is 0.812. The molecule has 0 radical (unpaired) electrons. The predicted octanol–water partition coefficient (Wildman–Crippen LogP) is 8.46. The number of nitrogens with zero attached hydrogens (tertiary/aromatic N) is 2. The fraction of sp³-hybridized carbons (Fsp3) is 0.0312. The Morgan fingerprint density at radius 1 is 0.676 bits per heavy atom. The Morgan fingerprint density at radius 3 is 2.03 bits per heavy atom. The van der Waals surface area contributed by atoms with Gasteiger partial charge in [0.2, 0.25) is 0 Å². The highest BCUT2D eigenvalue weighted by molar-refractivity contribution is 6.19. The zero-order valence-electron chi connectivity index (χ0n) is 25.3. The van der Waals surface area contributed by atoms with Crippen LogP contribution in [0.2, 0.25) is 0 Å². The molecule has 0 unspecified atom stereocenters. The van der Waals surface area contributed by atoms with Gasteiger partial charge in [0.25, 0.3) is 0 Å². The molecule has 34 heavy (non-hydrogen) atoms. The van der Waals surface area contributed by atoms with Crippen LogP contribution in [0.15, 0.2) is 115 Å². The van der Waals surface area contributed by atoms with E-state index in [2.05, 4.69) is 4.57 Å². The molecule has 160 valence electrons. The highest BCUT2D eigenvalue weighted by Crippen LogP contribution is 2.42. The normalized spacial score (nSPS) is 14.6. The Morgan fingerprint density at radius 2 is 1.29 bits per heavy atom. The maximum Gasteiger partial charge on any atom is 0.111 e. The summed E-state index contributed by atoms with van der Waals surface area (Å²) in [6.07, 6.45) is 0. The van der Waals surface area contributed by atoms with Crippen LogP contribution in [0, 0.1) is 6.92 Å². The monoisotopic (exact) mass is 441 g/mol. The summed E-state index contributed by atoms with van der Waals surface area (Å²) in [6.45, 7) is 1.96. The van der Waals surface area contributed by atoms with Gasteiger partial charge in [-0.1, -0.05) is 96.9 Å². The molecule has 7 rings (SSSR count). The van der Waals surface area contributed by atoms with Crippen molar-refractivity contribution in [2.75, 3.05) is 0 Å². The lowest BCUT2D eigenvalue weighted by Crippen LogP contribution is -2.01. The molecule has 0 amide bonds. The number of para-hydroxylation sites is 2. The Balaban J connectivity index is 1.72. The predicted molar refractivity (Wildman–Crippen MR) is 144 cm³/mol. The minimum absolute atomic E-state index is 0.0549. The Bertz CT molecular complexity index is 2200. The molecular weight excluding hydrogens is 412 g/mol. The molecule has 0 fully saturated rings. The van der Waals surface area contributed by atoms with Gasteiger partial charge in [-0.05, 0) is 57.8 Å². The smallest absolute Gasteiger partial charge is 0.111 e. The summed E-state index contributed by atoms with van der Waals surface area (Å²) in [7, 11) is 0. The van der Waals surface area contributed by atoms with E-state index in [4.69, 9.17) is 13.2 Å². The van der Waals surface area contributed by atoms with Crippen LogP contribution < -0.4 is 0 Å². The molecule has 1 aromatic heterocycles. The highest BCUT2D eigenvalue weighted by Gasteiger charge is 2.19. The molecule has 0 aliphatic rings. The third-order valence-corrected chi connectivity index (χ3v) is 6.36. The van der Waals surface area contributed by atoms with Crippen molar-refractivity contribution >= 4 is 43.4 Å². The van der Waals surface area contributed by atoms with Crippen molar-refractivity contribution in [2.45, 2.75) is 6.92 Å². The first kappa shape index (κ1) is 13.3. The van der Waals surface area contributed by atoms with Crippen molar-refractivity contribution in [2.24, 2.45) is 0 Å². The summed E-state index contributed by atoms with van der Waals surface area (Å²) in [5.41, 5.74) is 3.48. The molecule has 0 saturated heterocycles. The van der Waals surface area contributed by atoms with Gasteiger partial charge in [-0.15, -0.1) is 0 Å². The molecule has 0 atom stereocenters. The van der Waals surface area contributed by atoms with Crippen LogP contribution >= 0.6 is 0 Å². The van der Waals surface area contributed by atoms with E-state index in [1.165, 1.54) is 0 Å². The third kappa shape index (κ3) is 2.72. The first-order valence-electron chi connectivity index (χ1n) is 14.6. The number of aromatic nitrogens is 2. The second-order valence-electron chi connectivity index (χ2n) is 8.30. The number of benzene rings is 6. The molecule has 0 aliphatic carbocycles. The van der Waals surface area contributed by atoms with Crippen LogP contribution in [0.25, 0.3) is 60.2 Å². The van der Waals surface area contributed by atoms with E-state index >= 15 is 0 Å². The van der Waals surface area contributed by atoms with Gasteiger partial charge in [0.1, 0.15) is 5.82 Å². The quantitative estimate of drug-likeness (QED) is 0.246. The van der Waals surface area contributed by atoms with Crippen LogP contribution in [0.4, 0.5) is 0 Å². The zero-order valence-corrected chi connectivity index (χ0v) is 18.3. The molecule has 1 heterocycles. The van der Waals surface area contributed by atoms with Gasteiger partial charge in [-0.25, -0.2) is 4.98 Å². The molecule has 0 spiro atoms. The van der Waals surface area contributed by atoms with Gasteiger partial charge in [0, 0.05) is 10.8 Å². The van der Waals surface area contributed by atoms with Gasteiger partial charge < -0.3 is 0 Å². The summed E-state index contributed by atoms with van der Waals surface area (Å²) < 4.78 is 62.6. The molecule has 0 aliphatic heterocycles. The van der Waals surface area contributed by atoms with Gasteiger partial charge in [0.15, 0.2) is 0 Å². The van der Waals surface area contributed by atoms with Crippen molar-refractivity contribution in [3.8, 4) is 16.8 Å². The van der Waals surface area contributed by atoms with E-state index < -0.39 is 18.1 Å². The fourth-order valence-corrected chi connectivity index (χ4v) is 4.95. The molecule has 0 bridgehead atoms. The lowest BCUT2D eigenvalue weighted by Gasteiger charge is -2.19. The van der Waals surface area contributed by atoms with Crippen LogP contribution in [-0.2, 0) is 0 Å². The van der Waals surface area contributed by atoms with Crippen molar-refractivity contribution in [1.29, 1.82) is 0 Å². The second-order valence-corrected chi connectivity index (χ2v) is 8.30. The summed E-state index contributed by atoms with van der Waals surface area (Å²) >= 11 is 0. The number of hydrogen-bond acceptors (Lipinski definition) is 1. The van der Waals surface area contributed by atoms with E-state index in [1.807, 2.05) is 79.7 Å². The zero-order chi connectivity index (χ0) is 28.7. The lowest BCUT2D eigenvalue weighted by molar-refractivity contribution is 1.02. The van der Waals surface area contributed by atoms with Crippen molar-refractivity contribution < 1.29 is 9.60 Å². The molecule has 6 aromatic carbocycles. The van der Waals surface area contributed by atoms with Gasteiger partial charge in [-0.2, -0.15) is 0 Å². The van der Waals surface area contributed by atoms with E-state index in [-0.39, 0.29) is 40.5 Å². The minimum atomic E-state index is -0.481. The van der Waals surface area contributed by atoms with E-state index in [0.717, 1.165) is 44.1 Å². The molecule has 2 heteroatoms. The van der Waals surface area contributed by atoms with Crippen LogP contribution in [-0.4, -0.2) is 9.55 Å². The number of rotatable bonds is 2. The number of imidazole rings is 1. The van der Waals surface area contributed by atoms with Crippen LogP contribution in [0.5, 0.6) is 0 Å². The number of fused-ring (bicyclic) bond motifs is 4. The van der Waals surface area contributed by atoms with E-state index in [1.54, 1.807) is 0 Å². The van der Waals surface area contributed by atoms with Gasteiger partial charge in [0.05, 0.1) is 26.3 Å². The van der Waals surface area contributed by atoms with Crippen molar-refractivity contribution in [3.63, 3.8) is 0 Å². The Labute approximate surface area is 207 Å². The Kier molecular flexibility index (Phi) is 2.86. The van der Waals surface area contributed by atoms with Gasteiger partial charge >= 0.3 is 0 Å². The molecule has 0 N–H and O–H groups in total. The topological polar surface area (TPSA) is 17.8 Å². The van der Waals surface area contributed by atoms with Crippen molar-refractivity contribution in [1.82, 2.24) is 9.55 Å². The summed E-state index contributed by atoms with van der Waals surface area (Å²) in [5, 5.41) is 3.10. The molecule has 2 nitrogen and oxygen atoms in total. The standard InChI is InChI=1S/C32H22N2/c1-21-33-29-16-8-9-17-30(29)34(21)32-27-14-6-4-12-25(27)31(26-13-5-7-15-28(26)32)24-19-18-22-10-2-3-11-23(22)20-24/h2-20H,1H3/i2D,3D,10D,11D,18D,19D,20D. The lowest BCUT2D eigenvalue weighted by atomic mass is 9.89. The largest absolute Gasteiger partial charge is 0.295 e. The maximum absolute atomic E-state index is 9.24. The minimum Gasteiger partial charge on any atom is -0.295 e. The van der Waals surface area contributed by atoms with Crippen LogP contribution in [0.1, 0.15) is 15.4 Å². The first-order valence-corrected chi connectivity index (χ1v) is 11.1. The average Bonchev–Trinajstić information content (AvgIpc) is 3.31. The average molecular weight is 442 g/mol. The first-order chi connectivity index (χ1) is 19.7. The molecule has 7 aromatic rings. The second kappa shape index (κ2) is 7.29. The van der Waals surface area contributed by atoms with Gasteiger partial charge in [-0.3, -0.25) is 4.57 Å². The third-order valence-electron chi connectivity index (χ3n) is 6.36. The van der Waals surface area contributed by atoms with E-state index in [9.17, 15) is 1.37 Å². The number of hydrogen-bond donors (Lipinski definition) is 0. The van der Waals surface area contributed by atoms with E-state index in [0.29, 0.717) is 5.56 Å². The van der Waals surface area contributed by atoms with Crippen LogP contribution in [0.3, 0.4) is 0 Å². The number of aryl methyl sites for hydroxylation is 1. The maximum atomic E-state index is 9.24.